The average molecular weight is 261 g/mol. The number of nitrogens with zero attached hydrogens (tertiary/aromatic N) is 2. The van der Waals surface area contributed by atoms with Gasteiger partial charge in [-0.05, 0) is 25.6 Å². The molecular weight excluding hydrogens is 234 g/mol. The van der Waals surface area contributed by atoms with Gasteiger partial charge in [-0.1, -0.05) is 37.3 Å². The summed E-state index contributed by atoms with van der Waals surface area (Å²) in [5.41, 5.74) is 1.41. The zero-order valence-corrected chi connectivity index (χ0v) is 12.3. The summed E-state index contributed by atoms with van der Waals surface area (Å²) in [5.74, 6) is 0. The van der Waals surface area contributed by atoms with E-state index >= 15 is 0 Å². The van der Waals surface area contributed by atoms with Crippen LogP contribution >= 0.6 is 0 Å². The first-order valence-corrected chi connectivity index (χ1v) is 7.46. The smallest absolute Gasteiger partial charge is 0.0233 e. The van der Waals surface area contributed by atoms with Gasteiger partial charge < -0.3 is 10.2 Å². The third-order valence-corrected chi connectivity index (χ3v) is 3.95. The standard InChI is InChI=1S/C16H27N3/c1-3-19(13-15-7-5-4-6-8-15)11-9-16-14-18(2)12-10-17-16/h4-8,16-17H,3,9-14H2,1-2H3. The molecule has 0 aliphatic carbocycles. The largest absolute Gasteiger partial charge is 0.311 e. The van der Waals surface area contributed by atoms with Crippen molar-refractivity contribution in [3.05, 3.63) is 35.9 Å². The third-order valence-electron chi connectivity index (χ3n) is 3.95. The molecule has 3 nitrogen and oxygen atoms in total. The van der Waals surface area contributed by atoms with Gasteiger partial charge in [0, 0.05) is 38.8 Å². The Morgan fingerprint density at radius 1 is 1.32 bits per heavy atom. The van der Waals surface area contributed by atoms with E-state index in [0.717, 1.165) is 19.6 Å². The normalized spacial score (nSPS) is 20.9. The van der Waals surface area contributed by atoms with Gasteiger partial charge in [0.25, 0.3) is 0 Å². The van der Waals surface area contributed by atoms with Crippen molar-refractivity contribution in [2.75, 3.05) is 39.8 Å². The first kappa shape index (κ1) is 14.5. The highest BCUT2D eigenvalue weighted by Gasteiger charge is 2.16. The first-order chi connectivity index (χ1) is 9.28. The van der Waals surface area contributed by atoms with Gasteiger partial charge >= 0.3 is 0 Å². The van der Waals surface area contributed by atoms with E-state index in [1.807, 2.05) is 0 Å². The molecule has 1 unspecified atom stereocenters. The maximum absolute atomic E-state index is 3.62. The molecule has 1 aliphatic rings. The molecule has 1 N–H and O–H groups in total. The first-order valence-electron chi connectivity index (χ1n) is 7.46. The van der Waals surface area contributed by atoms with Gasteiger partial charge in [-0.15, -0.1) is 0 Å². The molecule has 0 amide bonds. The molecule has 0 bridgehead atoms. The van der Waals surface area contributed by atoms with E-state index in [9.17, 15) is 0 Å². The van der Waals surface area contributed by atoms with Crippen LogP contribution in [0.5, 0.6) is 0 Å². The molecule has 0 saturated carbocycles. The second-order valence-corrected chi connectivity index (χ2v) is 5.56. The summed E-state index contributed by atoms with van der Waals surface area (Å²) >= 11 is 0. The topological polar surface area (TPSA) is 18.5 Å². The van der Waals surface area contributed by atoms with Gasteiger partial charge in [-0.2, -0.15) is 0 Å². The van der Waals surface area contributed by atoms with E-state index in [1.54, 1.807) is 0 Å². The summed E-state index contributed by atoms with van der Waals surface area (Å²) in [6, 6.07) is 11.4. The lowest BCUT2D eigenvalue weighted by molar-refractivity contribution is 0.203. The summed E-state index contributed by atoms with van der Waals surface area (Å²) in [5, 5.41) is 3.62. The molecule has 0 radical (unpaired) electrons. The second-order valence-electron chi connectivity index (χ2n) is 5.56. The van der Waals surface area contributed by atoms with E-state index in [2.05, 4.69) is 59.4 Å². The lowest BCUT2D eigenvalue weighted by atomic mass is 10.1. The fourth-order valence-corrected chi connectivity index (χ4v) is 2.71. The predicted molar refractivity (Wildman–Crippen MR) is 81.3 cm³/mol. The molecule has 0 aromatic heterocycles. The minimum absolute atomic E-state index is 0.656. The monoisotopic (exact) mass is 261 g/mol. The van der Waals surface area contributed by atoms with Gasteiger partial charge in [-0.25, -0.2) is 0 Å². The highest BCUT2D eigenvalue weighted by molar-refractivity contribution is 5.14. The minimum Gasteiger partial charge on any atom is -0.311 e. The molecule has 1 fully saturated rings. The lowest BCUT2D eigenvalue weighted by Gasteiger charge is -2.32. The van der Waals surface area contributed by atoms with E-state index in [4.69, 9.17) is 0 Å². The number of nitrogens with one attached hydrogen (secondary N) is 1. The molecule has 0 spiro atoms. The molecule has 1 aromatic rings. The fraction of sp³-hybridized carbons (Fsp3) is 0.625. The van der Waals surface area contributed by atoms with Crippen LogP contribution < -0.4 is 5.32 Å². The minimum atomic E-state index is 0.656. The van der Waals surface area contributed by atoms with Crippen LogP contribution in [0.2, 0.25) is 0 Å². The summed E-state index contributed by atoms with van der Waals surface area (Å²) < 4.78 is 0. The molecule has 2 rings (SSSR count). The van der Waals surface area contributed by atoms with Crippen LogP contribution in [0, 0.1) is 0 Å². The van der Waals surface area contributed by atoms with Crippen LogP contribution in [-0.4, -0.2) is 55.6 Å². The number of likely N-dealkylation sites (N-methyl/N-ethyl adjacent to an activating group) is 1. The average Bonchev–Trinajstić information content (AvgIpc) is 2.44. The number of hydrogen-bond donors (Lipinski definition) is 1. The Labute approximate surface area is 117 Å². The van der Waals surface area contributed by atoms with Gasteiger partial charge in [0.1, 0.15) is 0 Å². The highest BCUT2D eigenvalue weighted by atomic mass is 15.2. The van der Waals surface area contributed by atoms with Crippen molar-refractivity contribution in [2.45, 2.75) is 25.9 Å². The van der Waals surface area contributed by atoms with Crippen molar-refractivity contribution in [3.8, 4) is 0 Å². The molecule has 1 saturated heterocycles. The van der Waals surface area contributed by atoms with Gasteiger partial charge in [0.05, 0.1) is 0 Å². The highest BCUT2D eigenvalue weighted by Crippen LogP contribution is 2.07. The van der Waals surface area contributed by atoms with Crippen molar-refractivity contribution in [3.63, 3.8) is 0 Å². The molecule has 1 aromatic carbocycles. The SMILES string of the molecule is CCN(CCC1CN(C)CCN1)Cc1ccccc1. The Morgan fingerprint density at radius 2 is 2.11 bits per heavy atom. The predicted octanol–water partition coefficient (Wildman–Crippen LogP) is 1.80. The Bertz CT molecular complexity index is 352. The van der Waals surface area contributed by atoms with Crippen LogP contribution in [0.4, 0.5) is 0 Å². The van der Waals surface area contributed by atoms with Crippen LogP contribution in [-0.2, 0) is 6.54 Å². The third kappa shape index (κ3) is 4.94. The van der Waals surface area contributed by atoms with E-state index in [1.165, 1.54) is 31.6 Å². The summed E-state index contributed by atoms with van der Waals surface area (Å²) in [7, 11) is 2.22. The quantitative estimate of drug-likeness (QED) is 0.842. The molecule has 1 aliphatic heterocycles. The fourth-order valence-electron chi connectivity index (χ4n) is 2.71. The van der Waals surface area contributed by atoms with E-state index in [0.29, 0.717) is 6.04 Å². The van der Waals surface area contributed by atoms with Crippen molar-refractivity contribution >= 4 is 0 Å². The summed E-state index contributed by atoms with van der Waals surface area (Å²) in [6.45, 7) is 9.12. The van der Waals surface area contributed by atoms with Crippen LogP contribution in [0.15, 0.2) is 30.3 Å². The Morgan fingerprint density at radius 3 is 2.79 bits per heavy atom. The van der Waals surface area contributed by atoms with E-state index < -0.39 is 0 Å². The van der Waals surface area contributed by atoms with Crippen LogP contribution in [0.1, 0.15) is 18.9 Å². The maximum atomic E-state index is 3.62. The van der Waals surface area contributed by atoms with Gasteiger partial charge in [-0.3, -0.25) is 4.90 Å². The second kappa shape index (κ2) is 7.63. The molecule has 1 heterocycles. The number of rotatable bonds is 6. The van der Waals surface area contributed by atoms with Gasteiger partial charge in [0.15, 0.2) is 0 Å². The van der Waals surface area contributed by atoms with Crippen molar-refractivity contribution in [2.24, 2.45) is 0 Å². The van der Waals surface area contributed by atoms with Crippen LogP contribution in [0.3, 0.4) is 0 Å². The lowest BCUT2D eigenvalue weighted by Crippen LogP contribution is -2.50. The summed E-state index contributed by atoms with van der Waals surface area (Å²) in [6.07, 6.45) is 1.24. The zero-order valence-electron chi connectivity index (χ0n) is 12.3. The zero-order chi connectivity index (χ0) is 13.5. The van der Waals surface area contributed by atoms with E-state index in [-0.39, 0.29) is 0 Å². The molecule has 3 heteroatoms. The van der Waals surface area contributed by atoms with Gasteiger partial charge in [0.2, 0.25) is 0 Å². The Kier molecular flexibility index (Phi) is 5.83. The Hall–Kier alpha value is -0.900. The molecular formula is C16H27N3. The Balaban J connectivity index is 1.76. The van der Waals surface area contributed by atoms with Crippen LogP contribution in [0.25, 0.3) is 0 Å². The number of benzene rings is 1. The van der Waals surface area contributed by atoms with Crippen molar-refractivity contribution < 1.29 is 0 Å². The maximum Gasteiger partial charge on any atom is 0.0233 e. The number of hydrogen-bond acceptors (Lipinski definition) is 3. The molecule has 19 heavy (non-hydrogen) atoms. The molecule has 106 valence electrons. The van der Waals surface area contributed by atoms with Crippen molar-refractivity contribution in [1.29, 1.82) is 0 Å². The number of piperazine rings is 1. The summed E-state index contributed by atoms with van der Waals surface area (Å²) in [4.78, 5) is 4.96. The van der Waals surface area contributed by atoms with Crippen molar-refractivity contribution in [1.82, 2.24) is 15.1 Å². The molecule has 1 atom stereocenters.